The van der Waals surface area contributed by atoms with E-state index in [-0.39, 0.29) is 13.0 Å². The van der Waals surface area contributed by atoms with Crippen molar-refractivity contribution in [2.24, 2.45) is 0 Å². The maximum Gasteiger partial charge on any atom is 0.329 e. The molecule has 0 amide bonds. The van der Waals surface area contributed by atoms with Crippen molar-refractivity contribution in [2.45, 2.75) is 39.7 Å². The lowest BCUT2D eigenvalue weighted by atomic mass is 10.1. The summed E-state index contributed by atoms with van der Waals surface area (Å²) in [4.78, 5) is 26.8. The Hall–Kier alpha value is -4.00. The van der Waals surface area contributed by atoms with Gasteiger partial charge in [-0.05, 0) is 26.3 Å². The molecule has 4 aromatic rings. The number of rotatable bonds is 9. The van der Waals surface area contributed by atoms with Crippen LogP contribution in [0.25, 0.3) is 11.3 Å². The van der Waals surface area contributed by atoms with Crippen LogP contribution in [0.4, 0.5) is 5.82 Å². The van der Waals surface area contributed by atoms with Crippen molar-refractivity contribution in [3.8, 4) is 11.3 Å². The molecule has 1 N–H and O–H groups in total. The minimum atomic E-state index is -0.719. The van der Waals surface area contributed by atoms with Crippen molar-refractivity contribution < 1.29 is 13.9 Å². The number of hydrogen-bond acceptors (Lipinski definition) is 7. The van der Waals surface area contributed by atoms with E-state index < -0.39 is 12.0 Å². The highest BCUT2D eigenvalue weighted by molar-refractivity contribution is 5.79. The van der Waals surface area contributed by atoms with Gasteiger partial charge in [0.25, 0.3) is 0 Å². The molecule has 0 spiro atoms. The molecule has 0 bridgehead atoms. The molecule has 0 saturated carbocycles. The second-order valence-electron chi connectivity index (χ2n) is 7.98. The van der Waals surface area contributed by atoms with Crippen LogP contribution in [0.3, 0.4) is 0 Å². The van der Waals surface area contributed by atoms with Gasteiger partial charge in [-0.15, -0.1) is 0 Å². The molecule has 2 aromatic heterocycles. The molecule has 4 rings (SSSR count). The summed E-state index contributed by atoms with van der Waals surface area (Å²) in [6.07, 6.45) is 2.51. The van der Waals surface area contributed by atoms with Crippen LogP contribution in [0, 0.1) is 13.8 Å². The smallest absolute Gasteiger partial charge is 0.329 e. The summed E-state index contributed by atoms with van der Waals surface area (Å²) in [5.41, 5.74) is 4.37. The fourth-order valence-electron chi connectivity index (χ4n) is 3.61. The number of ether oxygens (including phenoxy) is 1. The van der Waals surface area contributed by atoms with E-state index in [4.69, 9.17) is 14.1 Å². The molecular formula is C27H28N4O3. The maximum atomic E-state index is 12.8. The van der Waals surface area contributed by atoms with Gasteiger partial charge >= 0.3 is 5.97 Å². The molecule has 0 aliphatic rings. The Morgan fingerprint density at radius 3 is 2.38 bits per heavy atom. The zero-order valence-corrected chi connectivity index (χ0v) is 19.6. The molecule has 1 atom stereocenters. The monoisotopic (exact) mass is 456 g/mol. The number of hydrogen-bond donors (Lipinski definition) is 1. The molecular weight excluding hydrogens is 428 g/mol. The van der Waals surface area contributed by atoms with Crippen LogP contribution in [-0.4, -0.2) is 33.6 Å². The summed E-state index contributed by atoms with van der Waals surface area (Å²) in [7, 11) is 0. The van der Waals surface area contributed by atoms with E-state index in [0.29, 0.717) is 18.1 Å². The second kappa shape index (κ2) is 10.7. The highest BCUT2D eigenvalue weighted by Crippen LogP contribution is 2.23. The van der Waals surface area contributed by atoms with Crippen molar-refractivity contribution >= 4 is 11.8 Å². The van der Waals surface area contributed by atoms with Crippen molar-refractivity contribution in [1.82, 2.24) is 15.0 Å². The van der Waals surface area contributed by atoms with Gasteiger partial charge in [0.05, 0.1) is 36.3 Å². The molecule has 0 fully saturated rings. The molecule has 0 aliphatic carbocycles. The van der Waals surface area contributed by atoms with Gasteiger partial charge in [-0.2, -0.15) is 0 Å². The number of aryl methyl sites for hydroxylation is 2. The Bertz CT molecular complexity index is 1220. The lowest BCUT2D eigenvalue weighted by Crippen LogP contribution is -2.34. The number of oxazole rings is 1. The Balaban J connectivity index is 1.68. The minimum Gasteiger partial charge on any atom is -0.464 e. The molecule has 7 nitrogen and oxygen atoms in total. The third kappa shape index (κ3) is 5.67. The fourth-order valence-corrected chi connectivity index (χ4v) is 3.61. The number of carbonyl (C=O) groups is 1. The average molecular weight is 457 g/mol. The predicted molar refractivity (Wildman–Crippen MR) is 130 cm³/mol. The van der Waals surface area contributed by atoms with Crippen LogP contribution in [0.1, 0.15) is 35.5 Å². The molecule has 34 heavy (non-hydrogen) atoms. The highest BCUT2D eigenvalue weighted by Gasteiger charge is 2.25. The van der Waals surface area contributed by atoms with Gasteiger partial charge in [0, 0.05) is 12.0 Å². The van der Waals surface area contributed by atoms with Crippen LogP contribution >= 0.6 is 0 Å². The van der Waals surface area contributed by atoms with E-state index in [2.05, 4.69) is 15.3 Å². The zero-order valence-electron chi connectivity index (χ0n) is 19.6. The molecule has 2 heterocycles. The summed E-state index contributed by atoms with van der Waals surface area (Å²) in [6, 6.07) is 19.2. The Kier molecular flexibility index (Phi) is 7.32. The summed E-state index contributed by atoms with van der Waals surface area (Å²) in [5, 5.41) is 3.26. The van der Waals surface area contributed by atoms with Gasteiger partial charge in [-0.25, -0.2) is 19.7 Å². The third-order valence-corrected chi connectivity index (χ3v) is 5.46. The van der Waals surface area contributed by atoms with Crippen molar-refractivity contribution in [2.75, 3.05) is 11.9 Å². The molecule has 0 aliphatic heterocycles. The molecule has 7 heteroatoms. The summed E-state index contributed by atoms with van der Waals surface area (Å²) < 4.78 is 11.0. The van der Waals surface area contributed by atoms with Crippen LogP contribution in [-0.2, 0) is 22.4 Å². The lowest BCUT2D eigenvalue weighted by Gasteiger charge is -2.19. The predicted octanol–water partition coefficient (Wildman–Crippen LogP) is 4.93. The summed E-state index contributed by atoms with van der Waals surface area (Å²) >= 11 is 0. The normalized spacial score (nSPS) is 11.7. The Labute approximate surface area is 199 Å². The third-order valence-electron chi connectivity index (χ3n) is 5.46. The van der Waals surface area contributed by atoms with Crippen molar-refractivity contribution in [1.29, 1.82) is 0 Å². The highest BCUT2D eigenvalue weighted by atomic mass is 16.5. The zero-order chi connectivity index (χ0) is 23.9. The first-order valence-corrected chi connectivity index (χ1v) is 11.3. The van der Waals surface area contributed by atoms with Gasteiger partial charge in [-0.3, -0.25) is 0 Å². The Morgan fingerprint density at radius 2 is 1.74 bits per heavy atom. The number of esters is 1. The van der Waals surface area contributed by atoms with Crippen LogP contribution in [0.15, 0.2) is 71.3 Å². The number of carbonyl (C=O) groups excluding carboxylic acids is 1. The molecule has 2 aromatic carbocycles. The lowest BCUT2D eigenvalue weighted by molar-refractivity contribution is -0.144. The van der Waals surface area contributed by atoms with Crippen LogP contribution in [0.2, 0.25) is 0 Å². The number of nitrogens with zero attached hydrogens (tertiary/aromatic N) is 3. The van der Waals surface area contributed by atoms with E-state index in [9.17, 15) is 4.79 Å². The molecule has 0 saturated heterocycles. The summed E-state index contributed by atoms with van der Waals surface area (Å²) in [6.45, 7) is 5.78. The molecule has 1 unspecified atom stereocenters. The van der Waals surface area contributed by atoms with E-state index >= 15 is 0 Å². The summed E-state index contributed by atoms with van der Waals surface area (Å²) in [5.74, 6) is 1.34. The number of anilines is 1. The SMILES string of the molecule is CCOC(=O)C(Cc1nc(C)c(C)o1)Nc1ncc(-c2ccccc2)nc1Cc1ccccc1. The van der Waals surface area contributed by atoms with Crippen LogP contribution < -0.4 is 5.32 Å². The number of aromatic nitrogens is 3. The van der Waals surface area contributed by atoms with E-state index in [1.54, 1.807) is 13.1 Å². The first kappa shape index (κ1) is 23.2. The number of benzene rings is 2. The van der Waals surface area contributed by atoms with Crippen LogP contribution in [0.5, 0.6) is 0 Å². The average Bonchev–Trinajstić information content (AvgIpc) is 3.17. The van der Waals surface area contributed by atoms with Gasteiger partial charge in [0.1, 0.15) is 17.6 Å². The first-order chi connectivity index (χ1) is 16.5. The van der Waals surface area contributed by atoms with E-state index in [1.807, 2.05) is 74.5 Å². The van der Waals surface area contributed by atoms with Crippen molar-refractivity contribution in [3.05, 3.63) is 95.5 Å². The fraction of sp³-hybridized carbons (Fsp3) is 0.259. The first-order valence-electron chi connectivity index (χ1n) is 11.3. The number of nitrogens with one attached hydrogen (secondary N) is 1. The van der Waals surface area contributed by atoms with E-state index in [1.165, 1.54) is 0 Å². The van der Waals surface area contributed by atoms with Gasteiger partial charge in [-0.1, -0.05) is 60.7 Å². The Morgan fingerprint density at radius 1 is 1.03 bits per heavy atom. The minimum absolute atomic E-state index is 0.237. The topological polar surface area (TPSA) is 90.1 Å². The molecule has 174 valence electrons. The standard InChI is InChI=1S/C27H28N4O3/c1-4-33-27(32)23(16-25-29-18(2)19(3)34-25)31-26-22(15-20-11-7-5-8-12-20)30-24(17-28-26)21-13-9-6-10-14-21/h5-14,17,23H,4,15-16H2,1-3H3,(H,28,31). The largest absolute Gasteiger partial charge is 0.464 e. The van der Waals surface area contributed by atoms with Gasteiger partial charge in [0.15, 0.2) is 5.89 Å². The quantitative estimate of drug-likeness (QED) is 0.357. The van der Waals surface area contributed by atoms with Gasteiger partial charge in [0.2, 0.25) is 0 Å². The second-order valence-corrected chi connectivity index (χ2v) is 7.98. The molecule has 0 radical (unpaired) electrons. The van der Waals surface area contributed by atoms with E-state index in [0.717, 1.165) is 34.0 Å². The maximum absolute atomic E-state index is 12.8. The van der Waals surface area contributed by atoms with Crippen molar-refractivity contribution in [3.63, 3.8) is 0 Å². The van der Waals surface area contributed by atoms with Gasteiger partial charge < -0.3 is 14.5 Å².